The zero-order chi connectivity index (χ0) is 21.9. The topological polar surface area (TPSA) is 32.8 Å². The van der Waals surface area contributed by atoms with Crippen LogP contribution in [0.15, 0.2) is 11.6 Å². The van der Waals surface area contributed by atoms with Crippen LogP contribution in [0.3, 0.4) is 0 Å². The Morgan fingerprint density at radius 1 is 1.17 bits per heavy atom. The summed E-state index contributed by atoms with van der Waals surface area (Å²) < 4.78 is 5.88. The van der Waals surface area contributed by atoms with Crippen LogP contribution in [0.2, 0.25) is 0 Å². The number of ether oxygens (including phenoxy) is 1. The Morgan fingerprint density at radius 3 is 2.50 bits per heavy atom. The van der Waals surface area contributed by atoms with E-state index in [9.17, 15) is 5.11 Å². The van der Waals surface area contributed by atoms with E-state index in [2.05, 4.69) is 54.5 Å². The fourth-order valence-corrected chi connectivity index (χ4v) is 8.54. The number of aliphatic hydroxyl groups excluding tert-OH is 1. The maximum absolute atomic E-state index is 10.2. The lowest BCUT2D eigenvalue weighted by Gasteiger charge is -2.60. The van der Waals surface area contributed by atoms with Gasteiger partial charge in [-0.25, -0.2) is 0 Å². The standard InChI is InChI=1S/C28H48O2/c1-8-23(18(2)9-12-25-26(4,5)30-25)27(6)16-14-24-22(19(27)3)11-10-20-17-21(29)13-15-28(20,24)7/h10,18-19,21-25,29H,8-9,11-17H2,1-7H3/t18-,19+,21+,22+,23-,24+,25?,27+,28+/m1/s1. The van der Waals surface area contributed by atoms with Gasteiger partial charge in [-0.05, 0) is 106 Å². The zero-order valence-electron chi connectivity index (χ0n) is 20.8. The maximum Gasteiger partial charge on any atom is 0.0892 e. The van der Waals surface area contributed by atoms with Gasteiger partial charge < -0.3 is 9.84 Å². The second-order valence-electron chi connectivity index (χ2n) is 12.7. The highest BCUT2D eigenvalue weighted by molar-refractivity contribution is 5.24. The molecule has 3 fully saturated rings. The van der Waals surface area contributed by atoms with E-state index in [1.807, 2.05) is 0 Å². The quantitative estimate of drug-likeness (QED) is 0.368. The molecule has 1 aliphatic heterocycles. The van der Waals surface area contributed by atoms with Crippen molar-refractivity contribution in [3.8, 4) is 0 Å². The van der Waals surface area contributed by atoms with Crippen LogP contribution in [0.1, 0.15) is 106 Å². The van der Waals surface area contributed by atoms with E-state index in [1.54, 1.807) is 5.57 Å². The molecule has 0 amide bonds. The minimum Gasteiger partial charge on any atom is -0.393 e. The first kappa shape index (κ1) is 22.8. The van der Waals surface area contributed by atoms with Crippen molar-refractivity contribution in [2.24, 2.45) is 40.4 Å². The third kappa shape index (κ3) is 3.72. The molecule has 4 aliphatic rings. The number of fused-ring (bicyclic) bond motifs is 3. The molecule has 0 radical (unpaired) electrons. The van der Waals surface area contributed by atoms with E-state index in [1.165, 1.54) is 44.9 Å². The fourth-order valence-electron chi connectivity index (χ4n) is 8.54. The Kier molecular flexibility index (Phi) is 6.02. The Morgan fingerprint density at radius 2 is 1.87 bits per heavy atom. The van der Waals surface area contributed by atoms with Crippen molar-refractivity contribution >= 4 is 0 Å². The van der Waals surface area contributed by atoms with Crippen molar-refractivity contribution in [3.05, 3.63) is 11.6 Å². The van der Waals surface area contributed by atoms with E-state index in [-0.39, 0.29) is 11.7 Å². The lowest BCUT2D eigenvalue weighted by Crippen LogP contribution is -2.52. The molecule has 1 saturated heterocycles. The van der Waals surface area contributed by atoms with Crippen molar-refractivity contribution in [2.45, 2.75) is 124 Å². The Bertz CT molecular complexity index is 666. The molecule has 2 heteroatoms. The van der Waals surface area contributed by atoms with Crippen LogP contribution in [-0.2, 0) is 4.74 Å². The molecular weight excluding hydrogens is 368 g/mol. The number of epoxide rings is 1. The molecule has 2 saturated carbocycles. The van der Waals surface area contributed by atoms with Crippen LogP contribution in [0.4, 0.5) is 0 Å². The molecule has 172 valence electrons. The number of aliphatic hydroxyl groups is 1. The molecule has 1 unspecified atom stereocenters. The first-order valence-electron chi connectivity index (χ1n) is 13.1. The second-order valence-corrected chi connectivity index (χ2v) is 12.7. The minimum absolute atomic E-state index is 0.0992. The smallest absolute Gasteiger partial charge is 0.0892 e. The molecule has 0 aromatic rings. The average Bonchev–Trinajstić information content (AvgIpc) is 3.31. The fraction of sp³-hybridized carbons (Fsp3) is 0.929. The van der Waals surface area contributed by atoms with Gasteiger partial charge >= 0.3 is 0 Å². The van der Waals surface area contributed by atoms with Crippen molar-refractivity contribution in [3.63, 3.8) is 0 Å². The highest BCUT2D eigenvalue weighted by Crippen LogP contribution is 2.63. The lowest BCUT2D eigenvalue weighted by molar-refractivity contribution is -0.0807. The summed E-state index contributed by atoms with van der Waals surface area (Å²) in [6.45, 7) is 17.2. The molecule has 9 atom stereocenters. The summed E-state index contributed by atoms with van der Waals surface area (Å²) in [6, 6.07) is 0. The number of hydrogen-bond donors (Lipinski definition) is 1. The summed E-state index contributed by atoms with van der Waals surface area (Å²) in [6.07, 6.45) is 13.9. The van der Waals surface area contributed by atoms with Gasteiger partial charge in [-0.15, -0.1) is 0 Å². The van der Waals surface area contributed by atoms with Gasteiger partial charge in [-0.1, -0.05) is 52.7 Å². The molecule has 0 spiro atoms. The third-order valence-corrected chi connectivity index (χ3v) is 10.9. The van der Waals surface area contributed by atoms with E-state index < -0.39 is 0 Å². The van der Waals surface area contributed by atoms with Crippen molar-refractivity contribution in [1.29, 1.82) is 0 Å². The van der Waals surface area contributed by atoms with Crippen molar-refractivity contribution in [2.75, 3.05) is 0 Å². The number of allylic oxidation sites excluding steroid dienone is 1. The molecule has 0 bridgehead atoms. The van der Waals surface area contributed by atoms with E-state index >= 15 is 0 Å². The largest absolute Gasteiger partial charge is 0.393 e. The summed E-state index contributed by atoms with van der Waals surface area (Å²) in [7, 11) is 0. The van der Waals surface area contributed by atoms with Crippen molar-refractivity contribution in [1.82, 2.24) is 0 Å². The van der Waals surface area contributed by atoms with Crippen LogP contribution in [0.25, 0.3) is 0 Å². The Balaban J connectivity index is 1.48. The van der Waals surface area contributed by atoms with Crippen LogP contribution in [0.5, 0.6) is 0 Å². The van der Waals surface area contributed by atoms with Crippen molar-refractivity contribution < 1.29 is 9.84 Å². The summed E-state index contributed by atoms with van der Waals surface area (Å²) >= 11 is 0. The molecule has 0 aromatic carbocycles. The zero-order valence-corrected chi connectivity index (χ0v) is 20.8. The van der Waals surface area contributed by atoms with E-state index in [0.717, 1.165) is 42.4 Å². The third-order valence-electron chi connectivity index (χ3n) is 10.9. The Labute approximate surface area is 186 Å². The highest BCUT2D eigenvalue weighted by Gasteiger charge is 2.55. The summed E-state index contributed by atoms with van der Waals surface area (Å²) in [5.74, 6) is 4.00. The first-order chi connectivity index (χ1) is 14.0. The molecule has 1 heterocycles. The van der Waals surface area contributed by atoms with Gasteiger partial charge in [0.25, 0.3) is 0 Å². The number of rotatable bonds is 6. The normalized spacial score (nSPS) is 46.9. The van der Waals surface area contributed by atoms with Crippen LogP contribution >= 0.6 is 0 Å². The van der Waals surface area contributed by atoms with Gasteiger partial charge in [0, 0.05) is 0 Å². The van der Waals surface area contributed by atoms with Gasteiger partial charge in [-0.2, -0.15) is 0 Å². The predicted molar refractivity (Wildman–Crippen MR) is 125 cm³/mol. The molecule has 0 aromatic heterocycles. The van der Waals surface area contributed by atoms with Gasteiger partial charge in [0.1, 0.15) is 0 Å². The molecule has 2 nitrogen and oxygen atoms in total. The summed E-state index contributed by atoms with van der Waals surface area (Å²) in [5, 5.41) is 10.2. The van der Waals surface area contributed by atoms with Gasteiger partial charge in [0.2, 0.25) is 0 Å². The average molecular weight is 417 g/mol. The SMILES string of the molecule is CC[C@H]([C@H](C)CCC1OC1(C)C)[C@@]1(C)CC[C@H]2[C@@H](CC=C3C[C@@H](O)CC[C@@]32C)[C@@H]1C. The molecule has 4 rings (SSSR count). The second kappa shape index (κ2) is 7.91. The van der Waals surface area contributed by atoms with E-state index in [0.29, 0.717) is 16.9 Å². The Hall–Kier alpha value is -0.340. The first-order valence-corrected chi connectivity index (χ1v) is 13.1. The van der Waals surface area contributed by atoms with Gasteiger partial charge in [-0.3, -0.25) is 0 Å². The highest BCUT2D eigenvalue weighted by atomic mass is 16.6. The summed E-state index contributed by atoms with van der Waals surface area (Å²) in [5.41, 5.74) is 2.52. The molecule has 3 aliphatic carbocycles. The van der Waals surface area contributed by atoms with Gasteiger partial charge in [0.05, 0.1) is 17.8 Å². The summed E-state index contributed by atoms with van der Waals surface area (Å²) in [4.78, 5) is 0. The monoisotopic (exact) mass is 416 g/mol. The van der Waals surface area contributed by atoms with Crippen LogP contribution < -0.4 is 0 Å². The van der Waals surface area contributed by atoms with Crippen LogP contribution in [-0.4, -0.2) is 22.9 Å². The maximum atomic E-state index is 10.2. The lowest BCUT2D eigenvalue weighted by atomic mass is 9.45. The van der Waals surface area contributed by atoms with E-state index in [4.69, 9.17) is 4.74 Å². The van der Waals surface area contributed by atoms with Gasteiger partial charge in [0.15, 0.2) is 0 Å². The van der Waals surface area contributed by atoms with Crippen LogP contribution in [0, 0.1) is 40.4 Å². The predicted octanol–water partition coefficient (Wildman–Crippen LogP) is 7.16. The number of hydrogen-bond acceptors (Lipinski definition) is 2. The molecule has 1 N–H and O–H groups in total. The minimum atomic E-state index is -0.0992. The molecule has 30 heavy (non-hydrogen) atoms. The molecular formula is C28H48O2.